The van der Waals surface area contributed by atoms with Gasteiger partial charge in [0.2, 0.25) is 11.8 Å². The molecule has 1 atom stereocenters. The summed E-state index contributed by atoms with van der Waals surface area (Å²) in [6.07, 6.45) is 10.7. The molecular weight excluding hydrogens is 370 g/mol. The van der Waals surface area contributed by atoms with Crippen molar-refractivity contribution in [3.05, 3.63) is 11.1 Å². The van der Waals surface area contributed by atoms with Gasteiger partial charge in [0.05, 0.1) is 0 Å². The van der Waals surface area contributed by atoms with Crippen molar-refractivity contribution in [3.63, 3.8) is 0 Å². The number of piperidine rings is 1. The van der Waals surface area contributed by atoms with Crippen molar-refractivity contribution < 1.29 is 9.59 Å². The zero-order valence-corrected chi connectivity index (χ0v) is 18.4. The minimum Gasteiger partial charge on any atom is -0.343 e. The monoisotopic (exact) mass is 405 g/mol. The SMILES string of the molecule is CC(=O)N1CCC([C@H](CCC(=O)Nc2ncc(C)s2)C2CCC(C)CC2)CC1. The number of nitrogens with zero attached hydrogens (tertiary/aromatic N) is 2. The van der Waals surface area contributed by atoms with Crippen LogP contribution in [-0.2, 0) is 9.59 Å². The number of likely N-dealkylation sites (tertiary alicyclic amines) is 1. The van der Waals surface area contributed by atoms with Crippen molar-refractivity contribution in [1.82, 2.24) is 9.88 Å². The molecule has 2 heterocycles. The highest BCUT2D eigenvalue weighted by atomic mass is 32.1. The molecule has 1 aromatic heterocycles. The van der Waals surface area contributed by atoms with Gasteiger partial charge in [0.1, 0.15) is 0 Å². The van der Waals surface area contributed by atoms with E-state index in [0.717, 1.165) is 49.1 Å². The molecule has 0 bridgehead atoms. The zero-order valence-electron chi connectivity index (χ0n) is 17.6. The van der Waals surface area contributed by atoms with Crippen LogP contribution in [0.1, 0.15) is 70.1 Å². The van der Waals surface area contributed by atoms with Crippen LogP contribution in [0.2, 0.25) is 0 Å². The minimum atomic E-state index is 0.0877. The molecule has 0 aromatic carbocycles. The van der Waals surface area contributed by atoms with E-state index in [2.05, 4.69) is 17.2 Å². The van der Waals surface area contributed by atoms with Crippen molar-refractivity contribution in [3.8, 4) is 0 Å². The molecule has 1 aliphatic carbocycles. The summed E-state index contributed by atoms with van der Waals surface area (Å²) in [7, 11) is 0. The summed E-state index contributed by atoms with van der Waals surface area (Å²) < 4.78 is 0. The second kappa shape index (κ2) is 9.86. The molecular formula is C22H35N3O2S. The number of rotatable bonds is 6. The Hall–Kier alpha value is -1.43. The number of carbonyl (C=O) groups is 2. The van der Waals surface area contributed by atoms with E-state index in [9.17, 15) is 9.59 Å². The molecule has 156 valence electrons. The summed E-state index contributed by atoms with van der Waals surface area (Å²) in [5, 5.41) is 3.68. The predicted octanol–water partition coefficient (Wildman–Crippen LogP) is 4.87. The van der Waals surface area contributed by atoms with Crippen LogP contribution >= 0.6 is 11.3 Å². The Kier molecular flexibility index (Phi) is 7.49. The smallest absolute Gasteiger partial charge is 0.226 e. The van der Waals surface area contributed by atoms with Crippen LogP contribution in [0, 0.1) is 30.6 Å². The molecule has 0 radical (unpaired) electrons. The molecule has 0 unspecified atom stereocenters. The van der Waals surface area contributed by atoms with Crippen LogP contribution in [0.5, 0.6) is 0 Å². The van der Waals surface area contributed by atoms with Gasteiger partial charge in [-0.2, -0.15) is 0 Å². The number of carbonyl (C=O) groups excluding carboxylic acids is 2. The van der Waals surface area contributed by atoms with Crippen molar-refractivity contribution >= 4 is 28.3 Å². The number of amides is 2. The van der Waals surface area contributed by atoms with Gasteiger partial charge in [-0.05, 0) is 62.7 Å². The Balaban J connectivity index is 1.58. The van der Waals surface area contributed by atoms with Gasteiger partial charge in [-0.1, -0.05) is 19.8 Å². The highest BCUT2D eigenvalue weighted by molar-refractivity contribution is 7.15. The first-order chi connectivity index (χ1) is 13.4. The van der Waals surface area contributed by atoms with Gasteiger partial charge >= 0.3 is 0 Å². The Morgan fingerprint density at radius 2 is 1.82 bits per heavy atom. The number of aromatic nitrogens is 1. The fraction of sp³-hybridized carbons (Fsp3) is 0.773. The van der Waals surface area contributed by atoms with Gasteiger partial charge in [0.15, 0.2) is 5.13 Å². The summed E-state index contributed by atoms with van der Waals surface area (Å²) in [4.78, 5) is 31.5. The lowest BCUT2D eigenvalue weighted by Crippen LogP contribution is -2.40. The third kappa shape index (κ3) is 5.79. The van der Waals surface area contributed by atoms with Crippen LogP contribution in [0.25, 0.3) is 0 Å². The average Bonchev–Trinajstić information content (AvgIpc) is 3.08. The highest BCUT2D eigenvalue weighted by Gasteiger charge is 2.34. The Labute approximate surface area is 173 Å². The van der Waals surface area contributed by atoms with Gasteiger partial charge in [-0.15, -0.1) is 11.3 Å². The van der Waals surface area contributed by atoms with Crippen LogP contribution < -0.4 is 5.32 Å². The average molecular weight is 406 g/mol. The standard InChI is InChI=1S/C22H35N3O2S/c1-15-4-6-18(7-5-15)20(19-10-12-25(13-11-19)17(3)26)8-9-21(27)24-22-23-14-16(2)28-22/h14-15,18-20H,4-13H2,1-3H3,(H,23,24,27)/t15?,18?,20-/m1/s1. The number of hydrogen-bond acceptors (Lipinski definition) is 4. The lowest BCUT2D eigenvalue weighted by molar-refractivity contribution is -0.130. The first kappa shape index (κ1) is 21.3. The summed E-state index contributed by atoms with van der Waals surface area (Å²) in [5.41, 5.74) is 0. The Bertz CT molecular complexity index is 658. The number of nitrogens with one attached hydrogen (secondary N) is 1. The van der Waals surface area contributed by atoms with E-state index in [1.807, 2.05) is 11.8 Å². The second-order valence-electron chi connectivity index (χ2n) is 8.89. The van der Waals surface area contributed by atoms with E-state index in [0.29, 0.717) is 23.4 Å². The molecule has 1 N–H and O–H groups in total. The van der Waals surface area contributed by atoms with Crippen molar-refractivity contribution in [1.29, 1.82) is 0 Å². The van der Waals surface area contributed by atoms with Gasteiger partial charge in [-0.25, -0.2) is 4.98 Å². The molecule has 2 aliphatic rings. The molecule has 28 heavy (non-hydrogen) atoms. The topological polar surface area (TPSA) is 62.3 Å². The molecule has 1 saturated heterocycles. The van der Waals surface area contributed by atoms with E-state index in [-0.39, 0.29) is 11.8 Å². The largest absolute Gasteiger partial charge is 0.343 e. The number of thiazole rings is 1. The first-order valence-electron chi connectivity index (χ1n) is 10.9. The maximum atomic E-state index is 12.5. The lowest BCUT2D eigenvalue weighted by atomic mass is 9.68. The number of aryl methyl sites for hydroxylation is 1. The summed E-state index contributed by atoms with van der Waals surface area (Å²) in [6, 6.07) is 0. The Morgan fingerprint density at radius 1 is 1.18 bits per heavy atom. The summed E-state index contributed by atoms with van der Waals surface area (Å²) in [5.74, 6) is 3.10. The maximum Gasteiger partial charge on any atom is 0.226 e. The highest BCUT2D eigenvalue weighted by Crippen LogP contribution is 2.41. The van der Waals surface area contributed by atoms with Gasteiger partial charge in [-0.3, -0.25) is 9.59 Å². The minimum absolute atomic E-state index is 0.0877. The Morgan fingerprint density at radius 3 is 2.39 bits per heavy atom. The van der Waals surface area contributed by atoms with Crippen LogP contribution in [0.4, 0.5) is 5.13 Å². The van der Waals surface area contributed by atoms with E-state index >= 15 is 0 Å². The van der Waals surface area contributed by atoms with Gasteiger partial charge < -0.3 is 10.2 Å². The fourth-order valence-corrected chi connectivity index (χ4v) is 5.79. The van der Waals surface area contributed by atoms with E-state index in [4.69, 9.17) is 0 Å². The zero-order chi connectivity index (χ0) is 20.1. The lowest BCUT2D eigenvalue weighted by Gasteiger charge is -2.41. The summed E-state index contributed by atoms with van der Waals surface area (Å²) >= 11 is 1.53. The van der Waals surface area contributed by atoms with Crippen LogP contribution in [0.3, 0.4) is 0 Å². The number of anilines is 1. The van der Waals surface area contributed by atoms with E-state index in [1.54, 1.807) is 13.1 Å². The van der Waals surface area contributed by atoms with Crippen molar-refractivity contribution in [2.75, 3.05) is 18.4 Å². The van der Waals surface area contributed by atoms with Crippen LogP contribution in [0.15, 0.2) is 6.20 Å². The molecule has 0 spiro atoms. The molecule has 2 fully saturated rings. The van der Waals surface area contributed by atoms with Gasteiger partial charge in [0, 0.05) is 37.5 Å². The molecule has 1 saturated carbocycles. The third-order valence-corrected chi connectivity index (χ3v) is 7.66. The predicted molar refractivity (Wildman–Crippen MR) is 114 cm³/mol. The van der Waals surface area contributed by atoms with Gasteiger partial charge in [0.25, 0.3) is 0 Å². The molecule has 1 aliphatic heterocycles. The van der Waals surface area contributed by atoms with Crippen molar-refractivity contribution in [2.24, 2.45) is 23.7 Å². The second-order valence-corrected chi connectivity index (χ2v) is 10.1. The molecule has 5 nitrogen and oxygen atoms in total. The normalized spacial score (nSPS) is 24.8. The number of hydrogen-bond donors (Lipinski definition) is 1. The maximum absolute atomic E-state index is 12.5. The summed E-state index contributed by atoms with van der Waals surface area (Å²) in [6.45, 7) is 7.79. The quantitative estimate of drug-likeness (QED) is 0.734. The van der Waals surface area contributed by atoms with Crippen molar-refractivity contribution in [2.45, 2.75) is 72.1 Å². The molecule has 1 aromatic rings. The molecule has 3 rings (SSSR count). The van der Waals surface area contributed by atoms with Crippen LogP contribution in [-0.4, -0.2) is 34.8 Å². The fourth-order valence-electron chi connectivity index (χ4n) is 5.10. The molecule has 2 amide bonds. The van der Waals surface area contributed by atoms with E-state index in [1.165, 1.54) is 37.0 Å². The third-order valence-electron chi connectivity index (χ3n) is 6.83. The van der Waals surface area contributed by atoms with E-state index < -0.39 is 0 Å². The first-order valence-corrected chi connectivity index (χ1v) is 11.7. The molecule has 6 heteroatoms.